The molecule has 2 aliphatic rings. The van der Waals surface area contributed by atoms with Crippen molar-refractivity contribution in [2.45, 2.75) is 127 Å². The quantitative estimate of drug-likeness (QED) is 0.0776. The van der Waals surface area contributed by atoms with Crippen molar-refractivity contribution >= 4 is 11.8 Å². The molecular weight excluding hydrogens is 566 g/mol. The van der Waals surface area contributed by atoms with E-state index in [9.17, 15) is 25.2 Å². The highest BCUT2D eigenvalue weighted by molar-refractivity contribution is 5.70. The zero-order valence-corrected chi connectivity index (χ0v) is 27.2. The number of nitrogens with two attached hydrogens (primary N) is 1. The average Bonchev–Trinajstić information content (AvgIpc) is 3.62. The maximum Gasteiger partial charge on any atom is 0.309 e. The number of aliphatic hydroxyl groups excluding tert-OH is 2. The summed E-state index contributed by atoms with van der Waals surface area (Å²) in [5.74, 6) is -0.410. The van der Waals surface area contributed by atoms with Gasteiger partial charge in [-0.3, -0.25) is 4.79 Å². The lowest BCUT2D eigenvalue weighted by Gasteiger charge is -2.32. The molecule has 0 unspecified atom stereocenters. The third-order valence-electron chi connectivity index (χ3n) is 10.6. The summed E-state index contributed by atoms with van der Waals surface area (Å²) in [7, 11) is 0. The van der Waals surface area contributed by atoms with E-state index in [2.05, 4.69) is 29.0 Å². The molecule has 250 valence electrons. The van der Waals surface area contributed by atoms with E-state index in [1.54, 1.807) is 6.20 Å². The molecule has 2 aromatic rings. The second kappa shape index (κ2) is 17.3. The molecule has 8 heteroatoms. The van der Waals surface area contributed by atoms with Crippen LogP contribution in [0.25, 0.3) is 0 Å². The monoisotopic (exact) mass is 623 g/mol. The van der Waals surface area contributed by atoms with Gasteiger partial charge in [-0.15, -0.1) is 0 Å². The highest BCUT2D eigenvalue weighted by atomic mass is 16.4. The molecule has 45 heavy (non-hydrogen) atoms. The van der Waals surface area contributed by atoms with Crippen LogP contribution in [0.15, 0.2) is 48.8 Å². The maximum atomic E-state index is 12.2. The van der Waals surface area contributed by atoms with E-state index in [1.807, 2.05) is 30.5 Å². The number of aliphatic hydroxyl groups is 3. The van der Waals surface area contributed by atoms with Crippen LogP contribution >= 0.6 is 0 Å². The zero-order valence-electron chi connectivity index (χ0n) is 27.2. The molecule has 1 fully saturated rings. The lowest BCUT2D eigenvalue weighted by Crippen LogP contribution is -2.37. The van der Waals surface area contributed by atoms with E-state index in [0.29, 0.717) is 37.4 Å². The van der Waals surface area contributed by atoms with Crippen molar-refractivity contribution in [3.8, 4) is 0 Å². The summed E-state index contributed by atoms with van der Waals surface area (Å²) in [6.07, 6.45) is 19.9. The Labute approximate surface area is 269 Å². The molecule has 0 bridgehead atoms. The van der Waals surface area contributed by atoms with E-state index in [-0.39, 0.29) is 30.3 Å². The first-order chi connectivity index (χ1) is 21.7. The summed E-state index contributed by atoms with van der Waals surface area (Å²) in [4.78, 5) is 19.5. The third-order valence-corrected chi connectivity index (χ3v) is 10.6. The average molecular weight is 624 g/mol. The number of carbonyl (C=O) groups is 1. The van der Waals surface area contributed by atoms with Gasteiger partial charge in [-0.05, 0) is 112 Å². The fourth-order valence-corrected chi connectivity index (χ4v) is 7.97. The molecule has 0 radical (unpaired) electrons. The first-order valence-electron chi connectivity index (χ1n) is 17.5. The summed E-state index contributed by atoms with van der Waals surface area (Å²) in [6, 6.07) is 7.84. The number of aliphatic carboxylic acids is 1. The van der Waals surface area contributed by atoms with E-state index in [4.69, 9.17) is 5.73 Å². The van der Waals surface area contributed by atoms with Crippen LogP contribution in [0.3, 0.4) is 0 Å². The first-order valence-corrected chi connectivity index (χ1v) is 17.5. The van der Waals surface area contributed by atoms with Crippen LogP contribution in [0.1, 0.15) is 108 Å². The molecule has 2 aromatic heterocycles. The van der Waals surface area contributed by atoms with Crippen LogP contribution in [0, 0.1) is 29.6 Å². The SMILES string of the molecule is CCCCC[C@@H]1C=C[C@@H](CCCCC[C@H](C(=O)O)[C@H](O)CC[C@]2(O)C[C@H](Cc3ccnc(N)c3)C[C@H]2Cc2ccc[nH]2)[C@H](O)C1. The van der Waals surface area contributed by atoms with Gasteiger partial charge in [0.1, 0.15) is 5.82 Å². The zero-order chi connectivity index (χ0) is 32.2. The Hall–Kier alpha value is -2.68. The number of carboxylic acid groups (broad SMARTS) is 1. The number of nitrogens with one attached hydrogen (secondary N) is 1. The highest BCUT2D eigenvalue weighted by Gasteiger charge is 2.46. The largest absolute Gasteiger partial charge is 0.481 e. The van der Waals surface area contributed by atoms with Crippen molar-refractivity contribution in [3.63, 3.8) is 0 Å². The van der Waals surface area contributed by atoms with Crippen molar-refractivity contribution in [1.82, 2.24) is 9.97 Å². The normalized spacial score (nSPS) is 27.9. The number of aromatic amines is 1. The molecular formula is C37H57N3O5. The summed E-state index contributed by atoms with van der Waals surface area (Å²) in [5, 5.41) is 43.6. The number of H-pyrrole nitrogens is 1. The van der Waals surface area contributed by atoms with Crippen molar-refractivity contribution < 1.29 is 25.2 Å². The van der Waals surface area contributed by atoms with Gasteiger partial charge >= 0.3 is 5.97 Å². The Bertz CT molecular complexity index is 1190. The third kappa shape index (κ3) is 10.7. The molecule has 7 N–H and O–H groups in total. The fraction of sp³-hybridized carbons (Fsp3) is 0.676. The van der Waals surface area contributed by atoms with Crippen LogP contribution in [0.2, 0.25) is 0 Å². The highest BCUT2D eigenvalue weighted by Crippen LogP contribution is 2.46. The van der Waals surface area contributed by atoms with Crippen molar-refractivity contribution in [2.75, 3.05) is 5.73 Å². The molecule has 0 amide bonds. The molecule has 4 rings (SSSR count). The van der Waals surface area contributed by atoms with Crippen molar-refractivity contribution in [2.24, 2.45) is 29.6 Å². The molecule has 0 spiro atoms. The fourth-order valence-electron chi connectivity index (χ4n) is 7.97. The number of carboxylic acids is 1. The number of hydrogen-bond acceptors (Lipinski definition) is 6. The number of allylic oxidation sites excluding steroid dienone is 1. The van der Waals surface area contributed by atoms with E-state index in [0.717, 1.165) is 62.6 Å². The summed E-state index contributed by atoms with van der Waals surface area (Å²) in [5.41, 5.74) is 7.08. The molecule has 0 aromatic carbocycles. The van der Waals surface area contributed by atoms with Gasteiger partial charge in [-0.1, -0.05) is 57.6 Å². The van der Waals surface area contributed by atoms with Crippen LogP contribution in [-0.2, 0) is 17.6 Å². The number of unbranched alkanes of at least 4 members (excludes halogenated alkanes) is 4. The van der Waals surface area contributed by atoms with Gasteiger partial charge in [-0.2, -0.15) is 0 Å². The van der Waals surface area contributed by atoms with Gasteiger partial charge in [0.15, 0.2) is 0 Å². The standard InChI is InChI=1S/C37H57N3O5/c1-2-3-5-9-26-13-14-29(34(42)22-26)10-6-4-7-12-32(36(43)44)33(41)15-17-37(45)25-28(20-27-16-19-40-35(38)23-27)21-30(37)24-31-11-8-18-39-31/h8,11,13-14,16,18-19,23,26,28-30,32-34,39,41-42,45H,2-7,9-10,12,15,17,20-22,24-25H2,1H3,(H2,38,40)(H,43,44)/t26-,28-,29-,30+,32+,33-,34-,37+/m1/s1. The topological polar surface area (TPSA) is 153 Å². The Balaban J connectivity index is 1.25. The lowest BCUT2D eigenvalue weighted by molar-refractivity contribution is -0.146. The van der Waals surface area contributed by atoms with Crippen LogP contribution in [0.4, 0.5) is 5.82 Å². The Kier molecular flexibility index (Phi) is 13.5. The minimum Gasteiger partial charge on any atom is -0.481 e. The summed E-state index contributed by atoms with van der Waals surface area (Å²) >= 11 is 0. The lowest BCUT2D eigenvalue weighted by atomic mass is 9.80. The minimum absolute atomic E-state index is 0.00613. The molecule has 2 heterocycles. The molecule has 1 saturated carbocycles. The number of aromatic nitrogens is 2. The number of pyridine rings is 1. The number of hydrogen-bond donors (Lipinski definition) is 6. The van der Waals surface area contributed by atoms with Gasteiger partial charge < -0.3 is 31.1 Å². The number of nitrogens with zero attached hydrogens (tertiary/aromatic N) is 1. The van der Waals surface area contributed by atoms with E-state index in [1.165, 1.54) is 19.3 Å². The molecule has 8 nitrogen and oxygen atoms in total. The van der Waals surface area contributed by atoms with Crippen LogP contribution in [-0.4, -0.2) is 54.2 Å². The minimum atomic E-state index is -1.01. The van der Waals surface area contributed by atoms with Crippen LogP contribution < -0.4 is 5.73 Å². The van der Waals surface area contributed by atoms with Crippen molar-refractivity contribution in [1.29, 1.82) is 0 Å². The second-order valence-electron chi connectivity index (χ2n) is 14.1. The first kappa shape index (κ1) is 35.2. The maximum absolute atomic E-state index is 12.2. The Morgan fingerprint density at radius 2 is 1.91 bits per heavy atom. The number of nitrogen functional groups attached to an aromatic ring is 1. The van der Waals surface area contributed by atoms with Gasteiger partial charge in [0, 0.05) is 24.0 Å². The van der Waals surface area contributed by atoms with Gasteiger partial charge in [-0.25, -0.2) is 4.98 Å². The molecule has 0 aliphatic heterocycles. The van der Waals surface area contributed by atoms with Crippen LogP contribution in [0.5, 0.6) is 0 Å². The predicted molar refractivity (Wildman–Crippen MR) is 178 cm³/mol. The van der Waals surface area contributed by atoms with Gasteiger partial charge in [0.05, 0.1) is 23.7 Å². The van der Waals surface area contributed by atoms with Crippen molar-refractivity contribution in [3.05, 3.63) is 60.1 Å². The van der Waals surface area contributed by atoms with E-state index < -0.39 is 23.6 Å². The summed E-state index contributed by atoms with van der Waals surface area (Å²) in [6.45, 7) is 2.21. The molecule has 0 saturated heterocycles. The molecule has 2 aliphatic carbocycles. The number of anilines is 1. The molecule has 8 atom stereocenters. The summed E-state index contributed by atoms with van der Waals surface area (Å²) < 4.78 is 0. The smallest absolute Gasteiger partial charge is 0.309 e. The second-order valence-corrected chi connectivity index (χ2v) is 14.1. The van der Waals surface area contributed by atoms with Gasteiger partial charge in [0.25, 0.3) is 0 Å². The predicted octanol–water partition coefficient (Wildman–Crippen LogP) is 6.46. The Morgan fingerprint density at radius 3 is 2.62 bits per heavy atom. The van der Waals surface area contributed by atoms with E-state index >= 15 is 0 Å². The Morgan fingerprint density at radius 1 is 1.09 bits per heavy atom. The number of rotatable bonds is 19. The van der Waals surface area contributed by atoms with Gasteiger partial charge in [0.2, 0.25) is 0 Å².